The predicted molar refractivity (Wildman–Crippen MR) is 232 cm³/mol. The first-order chi connectivity index (χ1) is 26.5. The Balaban J connectivity index is 1.14. The van der Waals surface area contributed by atoms with Crippen LogP contribution in [0.4, 0.5) is 0 Å². The number of nitrogens with one attached hydrogen (secondary N) is 1. The third-order valence-electron chi connectivity index (χ3n) is 12.8. The van der Waals surface area contributed by atoms with Crippen LogP contribution in [0.25, 0.3) is 86.2 Å². The summed E-state index contributed by atoms with van der Waals surface area (Å²) >= 11 is 1.90. The number of hydrogen-bond acceptors (Lipinski definition) is 1. The summed E-state index contributed by atoms with van der Waals surface area (Å²) in [4.78, 5) is 3.74. The topological polar surface area (TPSA) is 20.7 Å². The molecule has 3 heteroatoms. The molecule has 3 aliphatic rings. The highest BCUT2D eigenvalue weighted by molar-refractivity contribution is 7.25. The van der Waals surface area contributed by atoms with E-state index in [2.05, 4.69) is 163 Å². The van der Waals surface area contributed by atoms with Gasteiger partial charge in [-0.15, -0.1) is 11.3 Å². The molecule has 1 N–H and O–H groups in total. The molecule has 0 unspecified atom stereocenters. The zero-order chi connectivity index (χ0) is 35.7. The fourth-order valence-electron chi connectivity index (χ4n) is 10.2. The number of para-hydroxylation sites is 2. The van der Waals surface area contributed by atoms with Crippen LogP contribution >= 0.6 is 11.3 Å². The maximum absolute atomic E-state index is 3.74. The van der Waals surface area contributed by atoms with Gasteiger partial charge >= 0.3 is 0 Å². The van der Waals surface area contributed by atoms with Crippen molar-refractivity contribution < 1.29 is 0 Å². The molecule has 3 aromatic heterocycles. The van der Waals surface area contributed by atoms with Gasteiger partial charge in [-0.1, -0.05) is 110 Å². The van der Waals surface area contributed by atoms with Gasteiger partial charge in [0.2, 0.25) is 0 Å². The molecule has 258 valence electrons. The van der Waals surface area contributed by atoms with E-state index in [1.807, 2.05) is 11.3 Å². The zero-order valence-corrected chi connectivity index (χ0v) is 31.3. The average molecular weight is 711 g/mol. The van der Waals surface area contributed by atoms with Crippen molar-refractivity contribution in [1.29, 1.82) is 0 Å². The Kier molecular flexibility index (Phi) is 6.26. The molecule has 2 nitrogen and oxygen atoms in total. The molecule has 0 saturated heterocycles. The minimum Gasteiger partial charge on any atom is -0.354 e. The monoisotopic (exact) mass is 710 g/mol. The summed E-state index contributed by atoms with van der Waals surface area (Å²) in [5, 5.41) is 7.78. The van der Waals surface area contributed by atoms with E-state index in [0.717, 1.165) is 19.3 Å². The second-order valence-corrected chi connectivity index (χ2v) is 17.1. The summed E-state index contributed by atoms with van der Waals surface area (Å²) in [5.41, 5.74) is 17.6. The summed E-state index contributed by atoms with van der Waals surface area (Å²) in [6, 6.07) is 45.6. The summed E-state index contributed by atoms with van der Waals surface area (Å²) in [6.07, 6.45) is 11.8. The van der Waals surface area contributed by atoms with E-state index in [4.69, 9.17) is 0 Å². The van der Waals surface area contributed by atoms with Gasteiger partial charge in [0.05, 0.1) is 11.0 Å². The lowest BCUT2D eigenvalue weighted by Crippen LogP contribution is -2.16. The molecule has 54 heavy (non-hydrogen) atoms. The Hall–Kier alpha value is -5.90. The van der Waals surface area contributed by atoms with Crippen LogP contribution in [0, 0.1) is 5.41 Å². The normalized spacial score (nSPS) is 16.8. The van der Waals surface area contributed by atoms with Gasteiger partial charge in [-0.2, -0.15) is 0 Å². The molecule has 3 aliphatic carbocycles. The van der Waals surface area contributed by atoms with Crippen molar-refractivity contribution in [2.45, 2.75) is 39.5 Å². The van der Waals surface area contributed by atoms with Crippen LogP contribution in [0.1, 0.15) is 45.1 Å². The van der Waals surface area contributed by atoms with E-state index in [-0.39, 0.29) is 5.41 Å². The van der Waals surface area contributed by atoms with E-state index >= 15 is 0 Å². The molecular weight excluding hydrogens is 673 g/mol. The lowest BCUT2D eigenvalue weighted by atomic mass is 9.75. The Labute approximate surface area is 318 Å². The number of hydrogen-bond donors (Lipinski definition) is 1. The number of benzene rings is 6. The van der Waals surface area contributed by atoms with Gasteiger partial charge < -0.3 is 9.55 Å². The maximum atomic E-state index is 3.74. The lowest BCUT2D eigenvalue weighted by Gasteiger charge is -2.29. The van der Waals surface area contributed by atoms with E-state index < -0.39 is 0 Å². The SMILES string of the molecule is CC1(C)C2=C(CCC(c3cc(-c4ccc5c(c4)sc4ccccc45)cc(-n4c5ccccc5c5ccc6[nH]c7ccccc7c6c54)c3)=C2)C2=C1CCC=C2. The molecule has 0 saturated carbocycles. The fraction of sp³-hybridized carbons (Fsp3) is 0.137. The third-order valence-corrected chi connectivity index (χ3v) is 13.9. The number of thiophene rings is 1. The smallest absolute Gasteiger partial charge is 0.0641 e. The number of nitrogens with zero attached hydrogens (tertiary/aromatic N) is 1. The molecule has 0 bridgehead atoms. The van der Waals surface area contributed by atoms with Gasteiger partial charge in [-0.25, -0.2) is 0 Å². The van der Waals surface area contributed by atoms with Gasteiger partial charge in [0.25, 0.3) is 0 Å². The van der Waals surface area contributed by atoms with Crippen molar-refractivity contribution in [2.24, 2.45) is 5.41 Å². The van der Waals surface area contributed by atoms with Gasteiger partial charge in [-0.05, 0) is 113 Å². The van der Waals surface area contributed by atoms with Crippen LogP contribution in [0.3, 0.4) is 0 Å². The molecular formula is C51H38N2S. The Morgan fingerprint density at radius 2 is 1.41 bits per heavy atom. The average Bonchev–Trinajstić information content (AvgIpc) is 3.94. The summed E-state index contributed by atoms with van der Waals surface area (Å²) in [5.74, 6) is 0. The highest BCUT2D eigenvalue weighted by Gasteiger charge is 2.39. The fourth-order valence-corrected chi connectivity index (χ4v) is 11.4. The number of fused-ring (bicyclic) bond motifs is 11. The van der Waals surface area contributed by atoms with Crippen LogP contribution in [-0.4, -0.2) is 9.55 Å². The summed E-state index contributed by atoms with van der Waals surface area (Å²) in [6.45, 7) is 4.91. The van der Waals surface area contributed by atoms with Gasteiger partial charge in [0, 0.05) is 63.9 Å². The zero-order valence-electron chi connectivity index (χ0n) is 30.5. The first kappa shape index (κ1) is 30.6. The largest absolute Gasteiger partial charge is 0.354 e. The number of H-pyrrole nitrogens is 1. The summed E-state index contributed by atoms with van der Waals surface area (Å²) in [7, 11) is 0. The Morgan fingerprint density at radius 1 is 0.630 bits per heavy atom. The molecule has 9 aromatic rings. The number of allylic oxidation sites excluding steroid dienone is 8. The van der Waals surface area contributed by atoms with Crippen molar-refractivity contribution in [3.05, 3.63) is 167 Å². The first-order valence-electron chi connectivity index (χ1n) is 19.4. The van der Waals surface area contributed by atoms with Crippen LogP contribution in [-0.2, 0) is 0 Å². The Morgan fingerprint density at radius 3 is 2.33 bits per heavy atom. The van der Waals surface area contributed by atoms with E-state index in [1.165, 1.54) is 109 Å². The second-order valence-electron chi connectivity index (χ2n) is 16.0. The highest BCUT2D eigenvalue weighted by atomic mass is 32.1. The van der Waals surface area contributed by atoms with Crippen LogP contribution in [0.15, 0.2) is 162 Å². The van der Waals surface area contributed by atoms with Crippen molar-refractivity contribution in [2.75, 3.05) is 0 Å². The van der Waals surface area contributed by atoms with Crippen molar-refractivity contribution in [3.63, 3.8) is 0 Å². The van der Waals surface area contributed by atoms with Gasteiger partial charge in [0.15, 0.2) is 0 Å². The molecule has 0 atom stereocenters. The second kappa shape index (κ2) is 11.1. The van der Waals surface area contributed by atoms with Crippen LogP contribution in [0.2, 0.25) is 0 Å². The Bertz CT molecular complexity index is 3240. The molecule has 3 heterocycles. The van der Waals surface area contributed by atoms with Crippen molar-refractivity contribution in [3.8, 4) is 16.8 Å². The minimum absolute atomic E-state index is 0.0571. The van der Waals surface area contributed by atoms with E-state index in [0.29, 0.717) is 0 Å². The third kappa shape index (κ3) is 4.22. The molecule has 0 fully saturated rings. The quantitative estimate of drug-likeness (QED) is 0.188. The molecule has 0 amide bonds. The highest BCUT2D eigenvalue weighted by Crippen LogP contribution is 2.55. The first-order valence-corrected chi connectivity index (χ1v) is 20.2. The minimum atomic E-state index is 0.0571. The van der Waals surface area contributed by atoms with Crippen molar-refractivity contribution in [1.82, 2.24) is 9.55 Å². The van der Waals surface area contributed by atoms with Crippen LogP contribution < -0.4 is 0 Å². The van der Waals surface area contributed by atoms with Crippen molar-refractivity contribution >= 4 is 80.7 Å². The molecule has 0 aliphatic heterocycles. The lowest BCUT2D eigenvalue weighted by molar-refractivity contribution is 0.533. The van der Waals surface area contributed by atoms with Gasteiger partial charge in [-0.3, -0.25) is 0 Å². The van der Waals surface area contributed by atoms with E-state index in [9.17, 15) is 0 Å². The number of rotatable bonds is 3. The molecule has 0 radical (unpaired) electrons. The maximum Gasteiger partial charge on any atom is 0.0641 e. The number of aromatic amines is 1. The summed E-state index contributed by atoms with van der Waals surface area (Å²) < 4.78 is 5.23. The molecule has 6 aromatic carbocycles. The van der Waals surface area contributed by atoms with E-state index in [1.54, 1.807) is 11.1 Å². The van der Waals surface area contributed by atoms with Crippen LogP contribution in [0.5, 0.6) is 0 Å². The van der Waals surface area contributed by atoms with Gasteiger partial charge in [0.1, 0.15) is 0 Å². The molecule has 12 rings (SSSR count). The predicted octanol–water partition coefficient (Wildman–Crippen LogP) is 14.6. The number of aromatic nitrogens is 2. The standard InChI is InChI=1S/C51H38N2S/c1-51(2)42-15-7-3-11-35(42)36-21-19-30(28-43(36)51)32-25-33(31-20-22-39-38-13-6-10-18-47(38)54-48(39)29-31)27-34(26-32)53-46-17-9-5-12-37(46)40-23-24-45-49(50(40)53)41-14-4-8-16-44(41)52-45/h3-6,8-14,16-18,20,22-29,52H,7,15,19,21H2,1-2H3. The molecule has 0 spiro atoms.